The molecule has 0 bridgehead atoms. The van der Waals surface area contributed by atoms with Crippen molar-refractivity contribution < 1.29 is 0 Å². The molecule has 4 aromatic rings. The van der Waals surface area contributed by atoms with Crippen molar-refractivity contribution in [3.05, 3.63) is 113 Å². The van der Waals surface area contributed by atoms with Gasteiger partial charge in [-0.15, -0.1) is 11.6 Å². The predicted molar refractivity (Wildman–Crippen MR) is 116 cm³/mol. The number of hydrogen-bond donors (Lipinski definition) is 0. The van der Waals surface area contributed by atoms with E-state index in [1.54, 1.807) is 6.07 Å². The first-order valence-corrected chi connectivity index (χ1v) is 9.44. The van der Waals surface area contributed by atoms with E-state index in [4.69, 9.17) is 16.9 Å². The third-order valence-corrected chi connectivity index (χ3v) is 5.08. The maximum absolute atomic E-state index is 9.09. The molecule has 134 valence electrons. The molecule has 1 atom stereocenters. The maximum atomic E-state index is 9.09. The fraction of sp³-hybridized carbons (Fsp3) is 0.0400. The second-order valence-corrected chi connectivity index (χ2v) is 6.97. The van der Waals surface area contributed by atoms with Crippen molar-refractivity contribution in [3.8, 4) is 6.07 Å². The lowest BCUT2D eigenvalue weighted by molar-refractivity contribution is 1.14. The first-order valence-electron chi connectivity index (χ1n) is 9.01. The number of benzene rings is 3. The van der Waals surface area contributed by atoms with E-state index in [9.17, 15) is 0 Å². The van der Waals surface area contributed by atoms with Crippen LogP contribution in [0.15, 0.2) is 84.9 Å². The normalized spacial score (nSPS) is 12.1. The van der Waals surface area contributed by atoms with Crippen LogP contribution < -0.4 is 0 Å². The van der Waals surface area contributed by atoms with Crippen LogP contribution in [0, 0.1) is 11.3 Å². The minimum Gasteiger partial charge on any atom is -0.248 e. The number of para-hydroxylation sites is 1. The Kier molecular flexibility index (Phi) is 5.19. The monoisotopic (exact) mass is 380 g/mol. The fourth-order valence-corrected chi connectivity index (χ4v) is 3.41. The van der Waals surface area contributed by atoms with Gasteiger partial charge in [-0.1, -0.05) is 60.7 Å². The van der Waals surface area contributed by atoms with Crippen molar-refractivity contribution in [2.45, 2.75) is 5.38 Å². The van der Waals surface area contributed by atoms with Gasteiger partial charge in [0.05, 0.1) is 28.2 Å². The largest absolute Gasteiger partial charge is 0.248 e. The van der Waals surface area contributed by atoms with Gasteiger partial charge in [-0.2, -0.15) is 5.26 Å². The maximum Gasteiger partial charge on any atom is 0.0991 e. The third kappa shape index (κ3) is 3.96. The van der Waals surface area contributed by atoms with Crippen molar-refractivity contribution in [2.75, 3.05) is 0 Å². The minimum absolute atomic E-state index is 0.305. The summed E-state index contributed by atoms with van der Waals surface area (Å²) in [5, 5.41) is 9.92. The molecule has 0 N–H and O–H groups in total. The minimum atomic E-state index is -0.305. The lowest BCUT2D eigenvalue weighted by Gasteiger charge is -2.11. The number of nitriles is 1. The summed E-state index contributed by atoms with van der Waals surface area (Å²) in [4.78, 5) is 4.67. The van der Waals surface area contributed by atoms with Crippen molar-refractivity contribution in [1.29, 1.82) is 5.26 Å². The summed E-state index contributed by atoms with van der Waals surface area (Å²) in [5.41, 5.74) is 5.46. The molecule has 0 aliphatic heterocycles. The van der Waals surface area contributed by atoms with E-state index < -0.39 is 0 Å². The number of nitrogens with zero attached hydrogens (tertiary/aromatic N) is 2. The Balaban J connectivity index is 1.59. The topological polar surface area (TPSA) is 36.7 Å². The van der Waals surface area contributed by atoms with Gasteiger partial charge in [0.1, 0.15) is 0 Å². The second-order valence-electron chi connectivity index (χ2n) is 6.53. The van der Waals surface area contributed by atoms with Crippen LogP contribution in [0.2, 0.25) is 0 Å². The molecule has 4 rings (SSSR count). The Hall–Kier alpha value is -3.41. The van der Waals surface area contributed by atoms with Gasteiger partial charge >= 0.3 is 0 Å². The molecule has 0 amide bonds. The summed E-state index contributed by atoms with van der Waals surface area (Å²) in [5.74, 6) is 0. The fourth-order valence-electron chi connectivity index (χ4n) is 3.13. The molecule has 0 aliphatic carbocycles. The predicted octanol–water partition coefficient (Wildman–Crippen LogP) is 6.61. The first kappa shape index (κ1) is 18.0. The zero-order chi connectivity index (χ0) is 19.3. The Morgan fingerprint density at radius 3 is 2.46 bits per heavy atom. The molecule has 1 heterocycles. The number of fused-ring (bicyclic) bond motifs is 1. The van der Waals surface area contributed by atoms with E-state index in [-0.39, 0.29) is 5.38 Å². The van der Waals surface area contributed by atoms with Gasteiger partial charge in [-0.25, -0.2) is 4.98 Å². The SMILES string of the molecule is N#Cc1cccc(C(Cl)c2cccc(/C=C/c3ccc4ccccc4n3)c2)c1. The molecular weight excluding hydrogens is 364 g/mol. The summed E-state index contributed by atoms with van der Waals surface area (Å²) >= 11 is 6.67. The molecule has 0 fully saturated rings. The zero-order valence-electron chi connectivity index (χ0n) is 15.1. The molecule has 3 aromatic carbocycles. The average Bonchev–Trinajstić information content (AvgIpc) is 2.77. The standard InChI is InChI=1S/C25H17ClN2/c26-25(22-9-4-6-19(16-22)17-27)21-8-3-5-18(15-21)11-13-23-14-12-20-7-1-2-10-24(20)28-23/h1-16,25H/b13-11+. The van der Waals surface area contributed by atoms with Crippen molar-refractivity contribution >= 4 is 34.7 Å². The Morgan fingerprint density at radius 1 is 0.821 bits per heavy atom. The van der Waals surface area contributed by atoms with E-state index in [0.29, 0.717) is 5.56 Å². The first-order chi connectivity index (χ1) is 13.7. The van der Waals surface area contributed by atoms with Gasteiger partial charge in [0.2, 0.25) is 0 Å². The van der Waals surface area contributed by atoms with Crippen molar-refractivity contribution in [3.63, 3.8) is 0 Å². The summed E-state index contributed by atoms with van der Waals surface area (Å²) in [6, 6.07) is 29.8. The summed E-state index contributed by atoms with van der Waals surface area (Å²) in [6.07, 6.45) is 4.04. The Bertz CT molecular complexity index is 1200. The van der Waals surface area contributed by atoms with Crippen LogP contribution in [0.1, 0.15) is 33.3 Å². The Morgan fingerprint density at radius 2 is 1.61 bits per heavy atom. The quantitative estimate of drug-likeness (QED) is 0.374. The van der Waals surface area contributed by atoms with E-state index in [1.165, 1.54) is 0 Å². The van der Waals surface area contributed by atoms with Crippen LogP contribution in [-0.2, 0) is 0 Å². The highest BCUT2D eigenvalue weighted by Gasteiger charge is 2.11. The molecule has 0 saturated heterocycles. The molecule has 3 heteroatoms. The van der Waals surface area contributed by atoms with E-state index >= 15 is 0 Å². The molecule has 0 aliphatic rings. The van der Waals surface area contributed by atoms with Crippen LogP contribution in [0.4, 0.5) is 0 Å². The van der Waals surface area contributed by atoms with Gasteiger partial charge in [-0.3, -0.25) is 0 Å². The molecule has 1 unspecified atom stereocenters. The van der Waals surface area contributed by atoms with Crippen LogP contribution in [0.3, 0.4) is 0 Å². The molecule has 1 aromatic heterocycles. The molecular formula is C25H17ClN2. The number of rotatable bonds is 4. The number of aromatic nitrogens is 1. The van der Waals surface area contributed by atoms with Crippen LogP contribution in [0.5, 0.6) is 0 Å². The smallest absolute Gasteiger partial charge is 0.0991 e. The highest BCUT2D eigenvalue weighted by Crippen LogP contribution is 2.30. The van der Waals surface area contributed by atoms with Gasteiger partial charge in [0.25, 0.3) is 0 Å². The molecule has 0 saturated carbocycles. The number of hydrogen-bond acceptors (Lipinski definition) is 2. The van der Waals surface area contributed by atoms with Crippen LogP contribution in [0.25, 0.3) is 23.1 Å². The van der Waals surface area contributed by atoms with Gasteiger partial charge in [0, 0.05) is 5.39 Å². The number of alkyl halides is 1. The molecule has 2 nitrogen and oxygen atoms in total. The van der Waals surface area contributed by atoms with E-state index in [1.807, 2.05) is 72.8 Å². The molecule has 0 spiro atoms. The lowest BCUT2D eigenvalue weighted by atomic mass is 10.0. The van der Waals surface area contributed by atoms with E-state index in [0.717, 1.165) is 33.3 Å². The summed E-state index contributed by atoms with van der Waals surface area (Å²) < 4.78 is 0. The van der Waals surface area contributed by atoms with E-state index in [2.05, 4.69) is 29.3 Å². The van der Waals surface area contributed by atoms with Crippen LogP contribution >= 0.6 is 11.6 Å². The van der Waals surface area contributed by atoms with Crippen molar-refractivity contribution in [1.82, 2.24) is 4.98 Å². The van der Waals surface area contributed by atoms with Gasteiger partial charge in [-0.05, 0) is 53.1 Å². The highest BCUT2D eigenvalue weighted by molar-refractivity contribution is 6.22. The number of pyridine rings is 1. The zero-order valence-corrected chi connectivity index (χ0v) is 15.8. The lowest BCUT2D eigenvalue weighted by Crippen LogP contribution is -1.94. The number of halogens is 1. The molecule has 28 heavy (non-hydrogen) atoms. The average molecular weight is 381 g/mol. The third-order valence-electron chi connectivity index (χ3n) is 4.58. The van der Waals surface area contributed by atoms with Gasteiger partial charge < -0.3 is 0 Å². The summed E-state index contributed by atoms with van der Waals surface area (Å²) in [7, 11) is 0. The Labute approximate surface area is 169 Å². The van der Waals surface area contributed by atoms with Crippen molar-refractivity contribution in [2.24, 2.45) is 0 Å². The van der Waals surface area contributed by atoms with Crippen LogP contribution in [-0.4, -0.2) is 4.98 Å². The van der Waals surface area contributed by atoms with Gasteiger partial charge in [0.15, 0.2) is 0 Å². The second kappa shape index (κ2) is 8.08. The summed E-state index contributed by atoms with van der Waals surface area (Å²) in [6.45, 7) is 0. The highest BCUT2D eigenvalue weighted by atomic mass is 35.5. The molecule has 0 radical (unpaired) electrons.